The number of aryl methyl sites for hydroxylation is 2. The van der Waals surface area contributed by atoms with Crippen LogP contribution in [0.15, 0.2) is 46.9 Å². The summed E-state index contributed by atoms with van der Waals surface area (Å²) < 4.78 is 2.63. The fourth-order valence-electron chi connectivity index (χ4n) is 3.22. The first kappa shape index (κ1) is 19.1. The molecular weight excluding hydrogens is 410 g/mol. The molecule has 7 heteroatoms. The van der Waals surface area contributed by atoms with Gasteiger partial charge in [-0.1, -0.05) is 31.5 Å². The summed E-state index contributed by atoms with van der Waals surface area (Å²) in [5.74, 6) is -0.277. The van der Waals surface area contributed by atoms with Crippen molar-refractivity contribution in [3.8, 4) is 0 Å². The highest BCUT2D eigenvalue weighted by Gasteiger charge is 2.21. The number of hydrogen-bond acceptors (Lipinski definition) is 3. The molecule has 2 aromatic carbocycles. The van der Waals surface area contributed by atoms with Crippen LogP contribution in [0.4, 0.5) is 11.4 Å². The van der Waals surface area contributed by atoms with Gasteiger partial charge in [0, 0.05) is 34.1 Å². The van der Waals surface area contributed by atoms with Gasteiger partial charge in [-0.3, -0.25) is 14.9 Å². The summed E-state index contributed by atoms with van der Waals surface area (Å²) in [6.07, 6.45) is 1.97. The normalized spacial score (nSPS) is 10.9. The van der Waals surface area contributed by atoms with E-state index in [4.69, 9.17) is 0 Å². The number of nitro benzene ring substituents is 1. The predicted octanol–water partition coefficient (Wildman–Crippen LogP) is 5.67. The van der Waals surface area contributed by atoms with Gasteiger partial charge in [0.2, 0.25) is 0 Å². The van der Waals surface area contributed by atoms with E-state index in [9.17, 15) is 14.9 Å². The molecule has 0 radical (unpaired) electrons. The zero-order chi connectivity index (χ0) is 19.6. The van der Waals surface area contributed by atoms with Crippen molar-refractivity contribution in [2.24, 2.45) is 0 Å². The van der Waals surface area contributed by atoms with Crippen molar-refractivity contribution in [3.05, 3.63) is 68.3 Å². The van der Waals surface area contributed by atoms with Crippen molar-refractivity contribution < 1.29 is 9.72 Å². The zero-order valence-electron chi connectivity index (χ0n) is 15.2. The molecule has 0 bridgehead atoms. The van der Waals surface area contributed by atoms with Crippen molar-refractivity contribution in [1.29, 1.82) is 0 Å². The number of nitrogens with zero attached hydrogens (tertiary/aromatic N) is 2. The van der Waals surface area contributed by atoms with E-state index >= 15 is 0 Å². The van der Waals surface area contributed by atoms with Crippen molar-refractivity contribution in [2.45, 2.75) is 33.2 Å². The fraction of sp³-hybridized carbons (Fsp3) is 0.250. The molecule has 1 N–H and O–H groups in total. The van der Waals surface area contributed by atoms with Gasteiger partial charge in [0.05, 0.1) is 10.6 Å². The Labute approximate surface area is 165 Å². The Hall–Kier alpha value is -2.67. The monoisotopic (exact) mass is 429 g/mol. The molecule has 0 aliphatic heterocycles. The number of halogens is 1. The van der Waals surface area contributed by atoms with E-state index in [2.05, 4.69) is 28.2 Å². The number of carbonyl (C=O) groups excluding carboxylic acids is 1. The number of para-hydroxylation sites is 1. The fourth-order valence-corrected chi connectivity index (χ4v) is 3.57. The Morgan fingerprint density at radius 3 is 2.70 bits per heavy atom. The van der Waals surface area contributed by atoms with Gasteiger partial charge in [0.25, 0.3) is 11.6 Å². The second kappa shape index (κ2) is 7.92. The number of benzene rings is 2. The second-order valence-corrected chi connectivity index (χ2v) is 7.23. The number of nitro groups is 1. The van der Waals surface area contributed by atoms with Crippen LogP contribution in [0.2, 0.25) is 0 Å². The summed E-state index contributed by atoms with van der Waals surface area (Å²) in [4.78, 5) is 23.7. The highest BCUT2D eigenvalue weighted by molar-refractivity contribution is 9.10. The average Bonchev–Trinajstić information content (AvgIpc) is 2.94. The Morgan fingerprint density at radius 2 is 2.00 bits per heavy atom. The quantitative estimate of drug-likeness (QED) is 0.404. The van der Waals surface area contributed by atoms with Gasteiger partial charge in [0.15, 0.2) is 0 Å². The Balaban J connectivity index is 2.04. The lowest BCUT2D eigenvalue weighted by Crippen LogP contribution is -2.18. The molecule has 0 spiro atoms. The number of aromatic nitrogens is 1. The molecule has 27 heavy (non-hydrogen) atoms. The summed E-state index contributed by atoms with van der Waals surface area (Å²) in [6.45, 7) is 4.78. The highest BCUT2D eigenvalue weighted by atomic mass is 79.9. The number of amides is 1. The maximum absolute atomic E-state index is 13.1. The van der Waals surface area contributed by atoms with E-state index < -0.39 is 4.92 Å². The number of carbonyl (C=O) groups is 1. The van der Waals surface area contributed by atoms with E-state index in [1.165, 1.54) is 12.1 Å². The van der Waals surface area contributed by atoms with Crippen LogP contribution in [0.5, 0.6) is 0 Å². The number of anilines is 1. The van der Waals surface area contributed by atoms with Crippen molar-refractivity contribution in [2.75, 3.05) is 5.32 Å². The smallest absolute Gasteiger partial charge is 0.272 e. The minimum atomic E-state index is -0.481. The summed E-state index contributed by atoms with van der Waals surface area (Å²) in [6, 6.07) is 12.2. The maximum atomic E-state index is 13.1. The lowest BCUT2D eigenvalue weighted by atomic mass is 10.1. The van der Waals surface area contributed by atoms with Gasteiger partial charge in [-0.05, 0) is 47.0 Å². The topological polar surface area (TPSA) is 77.2 Å². The van der Waals surface area contributed by atoms with Gasteiger partial charge in [-0.25, -0.2) is 0 Å². The van der Waals surface area contributed by atoms with Crippen molar-refractivity contribution >= 4 is 44.1 Å². The third kappa shape index (κ3) is 3.73. The van der Waals surface area contributed by atoms with Crippen LogP contribution in [0.25, 0.3) is 10.9 Å². The molecule has 3 aromatic rings. The minimum absolute atomic E-state index is 0.0725. The van der Waals surface area contributed by atoms with Gasteiger partial charge in [-0.15, -0.1) is 0 Å². The summed E-state index contributed by atoms with van der Waals surface area (Å²) >= 11 is 3.35. The van der Waals surface area contributed by atoms with Gasteiger partial charge in [-0.2, -0.15) is 0 Å². The molecule has 1 heterocycles. The molecule has 0 atom stereocenters. The molecule has 0 aliphatic carbocycles. The molecule has 140 valence electrons. The van der Waals surface area contributed by atoms with Crippen molar-refractivity contribution in [3.63, 3.8) is 0 Å². The van der Waals surface area contributed by atoms with E-state index in [1.807, 2.05) is 35.8 Å². The highest BCUT2D eigenvalue weighted by Crippen LogP contribution is 2.30. The van der Waals surface area contributed by atoms with Crippen LogP contribution in [-0.2, 0) is 6.54 Å². The maximum Gasteiger partial charge on any atom is 0.272 e. The Bertz CT molecular complexity index is 1030. The van der Waals surface area contributed by atoms with E-state index in [-0.39, 0.29) is 11.6 Å². The van der Waals surface area contributed by atoms with Crippen LogP contribution in [0.1, 0.15) is 35.8 Å². The van der Waals surface area contributed by atoms with Gasteiger partial charge < -0.3 is 9.88 Å². The number of hydrogen-bond donors (Lipinski definition) is 1. The standard InChI is InChI=1S/C20H20BrN3O3/c1-3-4-11-23-18-8-6-5-7-15(18)13(2)19(23)20(25)22-17-12-14(24(26)27)9-10-16(17)21/h5-10,12H,3-4,11H2,1-2H3,(H,22,25). The zero-order valence-corrected chi connectivity index (χ0v) is 16.7. The molecule has 0 fully saturated rings. The van der Waals surface area contributed by atoms with Crippen LogP contribution >= 0.6 is 15.9 Å². The second-order valence-electron chi connectivity index (χ2n) is 6.37. The lowest BCUT2D eigenvalue weighted by Gasteiger charge is -2.12. The van der Waals surface area contributed by atoms with E-state index in [0.717, 1.165) is 35.9 Å². The molecule has 1 amide bonds. The van der Waals surface area contributed by atoms with Gasteiger partial charge in [0.1, 0.15) is 5.69 Å². The molecular formula is C20H20BrN3O3. The Kier molecular flexibility index (Phi) is 5.60. The van der Waals surface area contributed by atoms with Crippen LogP contribution in [0, 0.1) is 17.0 Å². The molecule has 0 saturated carbocycles. The number of fused-ring (bicyclic) bond motifs is 1. The Morgan fingerprint density at radius 1 is 1.26 bits per heavy atom. The van der Waals surface area contributed by atoms with E-state index in [1.54, 1.807) is 6.07 Å². The summed E-state index contributed by atoms with van der Waals surface area (Å²) in [5, 5.41) is 14.9. The molecule has 3 rings (SSSR count). The third-order valence-electron chi connectivity index (χ3n) is 4.58. The molecule has 0 aliphatic rings. The molecule has 0 saturated heterocycles. The van der Waals surface area contributed by atoms with Gasteiger partial charge >= 0.3 is 0 Å². The largest absolute Gasteiger partial charge is 0.336 e. The molecule has 6 nitrogen and oxygen atoms in total. The van der Waals surface area contributed by atoms with Crippen LogP contribution < -0.4 is 5.32 Å². The first-order valence-corrected chi connectivity index (χ1v) is 9.56. The molecule has 1 aromatic heterocycles. The minimum Gasteiger partial charge on any atom is -0.336 e. The number of nitrogens with one attached hydrogen (secondary N) is 1. The summed E-state index contributed by atoms with van der Waals surface area (Å²) in [7, 11) is 0. The number of non-ortho nitro benzene ring substituents is 1. The molecule has 0 unspecified atom stereocenters. The third-order valence-corrected chi connectivity index (χ3v) is 5.27. The number of unbranched alkanes of at least 4 members (excludes halogenated alkanes) is 1. The lowest BCUT2D eigenvalue weighted by molar-refractivity contribution is -0.384. The summed E-state index contributed by atoms with van der Waals surface area (Å²) in [5.41, 5.74) is 2.81. The van der Waals surface area contributed by atoms with Crippen LogP contribution in [0.3, 0.4) is 0 Å². The first-order chi connectivity index (χ1) is 12.9. The first-order valence-electron chi connectivity index (χ1n) is 8.77. The van der Waals surface area contributed by atoms with Crippen LogP contribution in [-0.4, -0.2) is 15.4 Å². The SMILES string of the molecule is CCCCn1c(C(=O)Nc2cc([N+](=O)[O-])ccc2Br)c(C)c2ccccc21. The van der Waals surface area contributed by atoms with Crippen molar-refractivity contribution in [1.82, 2.24) is 4.57 Å². The average molecular weight is 430 g/mol. The predicted molar refractivity (Wildman–Crippen MR) is 110 cm³/mol. The number of rotatable bonds is 6. The van der Waals surface area contributed by atoms with E-state index in [0.29, 0.717) is 15.9 Å².